The van der Waals surface area contributed by atoms with Gasteiger partial charge in [-0.1, -0.05) is 19.9 Å². The highest BCUT2D eigenvalue weighted by Crippen LogP contribution is 2.28. The Kier molecular flexibility index (Phi) is 3.78. The van der Waals surface area contributed by atoms with Crippen molar-refractivity contribution in [3.8, 4) is 0 Å². The van der Waals surface area contributed by atoms with Gasteiger partial charge in [0.2, 0.25) is 0 Å². The maximum absolute atomic E-state index is 4.47. The van der Waals surface area contributed by atoms with Gasteiger partial charge in [0.25, 0.3) is 0 Å². The van der Waals surface area contributed by atoms with Crippen LogP contribution in [0.4, 0.5) is 0 Å². The van der Waals surface area contributed by atoms with Crippen molar-refractivity contribution in [2.24, 2.45) is 0 Å². The fourth-order valence-electron chi connectivity index (χ4n) is 2.95. The number of hydrogen-bond donors (Lipinski definition) is 1. The predicted octanol–water partition coefficient (Wildman–Crippen LogP) is 2.27. The van der Waals surface area contributed by atoms with E-state index in [-0.39, 0.29) is 6.04 Å². The summed E-state index contributed by atoms with van der Waals surface area (Å²) in [5.74, 6) is 2.66. The van der Waals surface area contributed by atoms with Crippen molar-refractivity contribution < 1.29 is 0 Å². The van der Waals surface area contributed by atoms with E-state index in [1.807, 2.05) is 12.3 Å². The molecule has 20 heavy (non-hydrogen) atoms. The second kappa shape index (κ2) is 5.71. The third-order valence-electron chi connectivity index (χ3n) is 4.12. The van der Waals surface area contributed by atoms with Crippen molar-refractivity contribution in [2.75, 3.05) is 6.54 Å². The first-order valence-corrected chi connectivity index (χ1v) is 7.41. The Balaban J connectivity index is 1.99. The highest BCUT2D eigenvalue weighted by atomic mass is 15.3. The lowest BCUT2D eigenvalue weighted by molar-refractivity contribution is 0.433. The third-order valence-corrected chi connectivity index (χ3v) is 4.12. The zero-order valence-electron chi connectivity index (χ0n) is 12.1. The molecule has 1 aliphatic heterocycles. The van der Waals surface area contributed by atoms with Crippen LogP contribution in [0.1, 0.15) is 55.9 Å². The van der Waals surface area contributed by atoms with Gasteiger partial charge >= 0.3 is 0 Å². The Labute approximate surface area is 119 Å². The molecule has 0 spiro atoms. The minimum Gasteiger partial charge on any atom is -0.312 e. The van der Waals surface area contributed by atoms with Gasteiger partial charge in [0, 0.05) is 31.4 Å². The van der Waals surface area contributed by atoms with Gasteiger partial charge in [-0.05, 0) is 24.5 Å². The molecular weight excluding hydrogens is 250 g/mol. The van der Waals surface area contributed by atoms with Crippen LogP contribution >= 0.6 is 0 Å². The first-order chi connectivity index (χ1) is 9.85. The van der Waals surface area contributed by atoms with E-state index in [1.54, 1.807) is 6.20 Å². The van der Waals surface area contributed by atoms with Gasteiger partial charge in [-0.15, -0.1) is 10.2 Å². The molecule has 0 aliphatic carbocycles. The lowest BCUT2D eigenvalue weighted by Gasteiger charge is -2.26. The topological polar surface area (TPSA) is 55.6 Å². The van der Waals surface area contributed by atoms with E-state index in [2.05, 4.69) is 45.0 Å². The first-order valence-electron chi connectivity index (χ1n) is 7.41. The Morgan fingerprint density at radius 1 is 1.35 bits per heavy atom. The second-order valence-corrected chi connectivity index (χ2v) is 5.25. The summed E-state index contributed by atoms with van der Waals surface area (Å²) in [7, 11) is 0. The zero-order valence-corrected chi connectivity index (χ0v) is 12.1. The first kappa shape index (κ1) is 13.2. The molecule has 5 heteroatoms. The van der Waals surface area contributed by atoms with Crippen LogP contribution in [0.15, 0.2) is 24.5 Å². The Bertz CT molecular complexity index is 559. The Morgan fingerprint density at radius 3 is 2.90 bits per heavy atom. The number of nitrogens with zero attached hydrogens (tertiary/aromatic N) is 4. The molecule has 3 rings (SSSR count). The summed E-state index contributed by atoms with van der Waals surface area (Å²) in [6.45, 7) is 6.33. The molecule has 0 saturated heterocycles. The van der Waals surface area contributed by atoms with Crippen molar-refractivity contribution in [2.45, 2.75) is 45.2 Å². The fraction of sp³-hybridized carbons (Fsp3) is 0.533. The molecule has 1 N–H and O–H groups in total. The monoisotopic (exact) mass is 271 g/mol. The van der Waals surface area contributed by atoms with E-state index in [0.717, 1.165) is 43.1 Å². The minimum absolute atomic E-state index is 0.105. The van der Waals surface area contributed by atoms with Gasteiger partial charge in [-0.3, -0.25) is 4.98 Å². The molecule has 1 aliphatic rings. The lowest BCUT2D eigenvalue weighted by atomic mass is 10.0. The number of aromatic nitrogens is 4. The van der Waals surface area contributed by atoms with Crippen molar-refractivity contribution in [3.63, 3.8) is 0 Å². The highest BCUT2D eigenvalue weighted by molar-refractivity contribution is 5.23. The van der Waals surface area contributed by atoms with Gasteiger partial charge in [-0.2, -0.15) is 0 Å². The number of fused-ring (bicyclic) bond motifs is 1. The smallest absolute Gasteiger partial charge is 0.154 e. The lowest BCUT2D eigenvalue weighted by Crippen LogP contribution is -2.35. The molecule has 0 aromatic carbocycles. The molecule has 0 saturated carbocycles. The van der Waals surface area contributed by atoms with E-state index < -0.39 is 0 Å². The van der Waals surface area contributed by atoms with Crippen LogP contribution in [-0.4, -0.2) is 26.3 Å². The standard InChI is InChI=1S/C15H21N5/c1-3-11(4-2)14-18-19-15-13(17-8-9-20(14)15)12-6-5-7-16-10-12/h5-7,10-11,13,17H,3-4,8-9H2,1-2H3. The third kappa shape index (κ3) is 2.22. The molecule has 2 aromatic rings. The van der Waals surface area contributed by atoms with Crippen LogP contribution in [0.2, 0.25) is 0 Å². The van der Waals surface area contributed by atoms with Crippen molar-refractivity contribution >= 4 is 0 Å². The number of nitrogens with one attached hydrogen (secondary N) is 1. The maximum atomic E-state index is 4.47. The van der Waals surface area contributed by atoms with Crippen LogP contribution in [0.5, 0.6) is 0 Å². The molecule has 0 fully saturated rings. The number of hydrogen-bond acceptors (Lipinski definition) is 4. The predicted molar refractivity (Wildman–Crippen MR) is 77.4 cm³/mol. The van der Waals surface area contributed by atoms with Crippen molar-refractivity contribution in [1.82, 2.24) is 25.1 Å². The molecule has 0 bridgehead atoms. The van der Waals surface area contributed by atoms with Gasteiger partial charge in [-0.25, -0.2) is 0 Å². The fourth-order valence-corrected chi connectivity index (χ4v) is 2.95. The van der Waals surface area contributed by atoms with Gasteiger partial charge in [0.15, 0.2) is 5.82 Å². The van der Waals surface area contributed by atoms with E-state index in [9.17, 15) is 0 Å². The molecule has 5 nitrogen and oxygen atoms in total. The summed E-state index contributed by atoms with van der Waals surface area (Å²) in [4.78, 5) is 4.21. The molecule has 3 heterocycles. The van der Waals surface area contributed by atoms with E-state index in [0.29, 0.717) is 5.92 Å². The van der Waals surface area contributed by atoms with Crippen molar-refractivity contribution in [1.29, 1.82) is 0 Å². The number of rotatable bonds is 4. The van der Waals surface area contributed by atoms with E-state index >= 15 is 0 Å². The normalized spacial score (nSPS) is 18.2. The molecule has 1 unspecified atom stereocenters. The molecule has 0 radical (unpaired) electrons. The van der Waals surface area contributed by atoms with Crippen molar-refractivity contribution in [3.05, 3.63) is 41.7 Å². The summed E-state index contributed by atoms with van der Waals surface area (Å²) in [5, 5.41) is 12.4. The summed E-state index contributed by atoms with van der Waals surface area (Å²) < 4.78 is 2.30. The molecular formula is C15H21N5. The summed E-state index contributed by atoms with van der Waals surface area (Å²) in [5.41, 5.74) is 1.15. The Hall–Kier alpha value is -1.75. The van der Waals surface area contributed by atoms with Crippen LogP contribution in [0.25, 0.3) is 0 Å². The van der Waals surface area contributed by atoms with E-state index in [1.165, 1.54) is 0 Å². The van der Waals surface area contributed by atoms with Crippen LogP contribution < -0.4 is 5.32 Å². The summed E-state index contributed by atoms with van der Waals surface area (Å²) in [6, 6.07) is 4.16. The SMILES string of the molecule is CCC(CC)c1nnc2n1CCNC2c1cccnc1. The number of pyridine rings is 1. The summed E-state index contributed by atoms with van der Waals surface area (Å²) >= 11 is 0. The van der Waals surface area contributed by atoms with Crippen LogP contribution in [0, 0.1) is 0 Å². The van der Waals surface area contributed by atoms with E-state index in [4.69, 9.17) is 0 Å². The van der Waals surface area contributed by atoms with Gasteiger partial charge in [0.1, 0.15) is 5.82 Å². The molecule has 2 aromatic heterocycles. The zero-order chi connectivity index (χ0) is 13.9. The minimum atomic E-state index is 0.105. The summed E-state index contributed by atoms with van der Waals surface area (Å²) in [6.07, 6.45) is 5.92. The molecule has 106 valence electrons. The average Bonchev–Trinajstić information content (AvgIpc) is 2.94. The van der Waals surface area contributed by atoms with Crippen LogP contribution in [-0.2, 0) is 6.54 Å². The quantitative estimate of drug-likeness (QED) is 0.927. The van der Waals surface area contributed by atoms with Gasteiger partial charge in [0.05, 0.1) is 6.04 Å². The second-order valence-electron chi connectivity index (χ2n) is 5.25. The largest absolute Gasteiger partial charge is 0.312 e. The highest BCUT2D eigenvalue weighted by Gasteiger charge is 2.28. The maximum Gasteiger partial charge on any atom is 0.154 e. The van der Waals surface area contributed by atoms with Crippen LogP contribution in [0.3, 0.4) is 0 Å². The van der Waals surface area contributed by atoms with Gasteiger partial charge < -0.3 is 9.88 Å². The molecule has 1 atom stereocenters. The Morgan fingerprint density at radius 2 is 2.20 bits per heavy atom. The molecule has 0 amide bonds. The average molecular weight is 271 g/mol.